The van der Waals surface area contributed by atoms with E-state index < -0.39 is 29.9 Å². The number of nitrogens with two attached hydrogens (primary N) is 1. The summed E-state index contributed by atoms with van der Waals surface area (Å²) in [7, 11) is 0. The first-order chi connectivity index (χ1) is 14.5. The Hall–Kier alpha value is -2.67. The highest BCUT2D eigenvalue weighted by atomic mass is 19.4. The van der Waals surface area contributed by atoms with Crippen molar-refractivity contribution in [3.63, 3.8) is 0 Å². The minimum absolute atomic E-state index is 0.210. The average Bonchev–Trinajstić information content (AvgIpc) is 2.71. The summed E-state index contributed by atoms with van der Waals surface area (Å²) in [5, 5.41) is 0. The van der Waals surface area contributed by atoms with Gasteiger partial charge in [0.15, 0.2) is 0 Å². The lowest BCUT2D eigenvalue weighted by atomic mass is 9.79. The fraction of sp³-hybridized carbons (Fsp3) is 0.375. The molecule has 2 rings (SSSR count). The Morgan fingerprint density at radius 1 is 1.03 bits per heavy atom. The molecule has 0 saturated heterocycles. The molecule has 2 aromatic carbocycles. The van der Waals surface area contributed by atoms with Crippen LogP contribution in [0.1, 0.15) is 30.5 Å². The third-order valence-electron chi connectivity index (χ3n) is 5.27. The number of allylic oxidation sites excluding steroid dienone is 1. The number of ether oxygens (including phenoxy) is 1. The number of halogens is 4. The van der Waals surface area contributed by atoms with Gasteiger partial charge in [0.05, 0.1) is 5.56 Å². The van der Waals surface area contributed by atoms with Crippen LogP contribution in [0.2, 0.25) is 0 Å². The summed E-state index contributed by atoms with van der Waals surface area (Å²) in [6.45, 7) is 7.15. The number of carbonyl (C=O) groups excluding carboxylic acids is 1. The quantitative estimate of drug-likeness (QED) is 0.328. The minimum Gasteiger partial charge on any atom is -0.461 e. The van der Waals surface area contributed by atoms with Gasteiger partial charge in [0, 0.05) is 5.92 Å². The summed E-state index contributed by atoms with van der Waals surface area (Å²) < 4.78 is 57.3. The zero-order chi connectivity index (χ0) is 23.2. The number of hydrogen-bond donors (Lipinski definition) is 1. The van der Waals surface area contributed by atoms with Crippen LogP contribution in [-0.4, -0.2) is 18.1 Å². The molecule has 0 fully saturated rings. The lowest BCUT2D eigenvalue weighted by Gasteiger charge is -2.31. The van der Waals surface area contributed by atoms with Crippen molar-refractivity contribution in [2.45, 2.75) is 45.0 Å². The molecule has 2 N–H and O–H groups in total. The molecule has 0 radical (unpaired) electrons. The zero-order valence-electron chi connectivity index (χ0n) is 17.5. The summed E-state index contributed by atoms with van der Waals surface area (Å²) in [4.78, 5) is 12.0. The van der Waals surface area contributed by atoms with E-state index in [4.69, 9.17) is 10.5 Å². The predicted molar refractivity (Wildman–Crippen MR) is 112 cm³/mol. The predicted octanol–water partition coefficient (Wildman–Crippen LogP) is 5.33. The second kappa shape index (κ2) is 10.6. The van der Waals surface area contributed by atoms with E-state index in [0.717, 1.165) is 17.7 Å². The summed E-state index contributed by atoms with van der Waals surface area (Å²) in [6, 6.07) is 10.2. The van der Waals surface area contributed by atoms with E-state index in [-0.39, 0.29) is 17.7 Å². The van der Waals surface area contributed by atoms with E-state index in [1.165, 1.54) is 31.2 Å². The smallest absolute Gasteiger partial charge is 0.416 e. The van der Waals surface area contributed by atoms with Crippen molar-refractivity contribution < 1.29 is 27.1 Å². The number of carbonyl (C=O) groups is 1. The van der Waals surface area contributed by atoms with Gasteiger partial charge in [-0.25, -0.2) is 4.39 Å². The molecule has 0 amide bonds. The lowest BCUT2D eigenvalue weighted by Crippen LogP contribution is -2.37. The summed E-state index contributed by atoms with van der Waals surface area (Å²) in [5.74, 6) is -1.36. The molecule has 0 saturated carbocycles. The number of hydrogen-bond acceptors (Lipinski definition) is 3. The van der Waals surface area contributed by atoms with Gasteiger partial charge in [-0.3, -0.25) is 4.79 Å². The Kier molecular flexibility index (Phi) is 8.39. The van der Waals surface area contributed by atoms with E-state index in [2.05, 4.69) is 6.58 Å². The van der Waals surface area contributed by atoms with Gasteiger partial charge in [-0.2, -0.15) is 13.2 Å². The number of benzene rings is 2. The average molecular weight is 437 g/mol. The zero-order valence-corrected chi connectivity index (χ0v) is 17.5. The van der Waals surface area contributed by atoms with Crippen LogP contribution in [-0.2, 0) is 28.5 Å². The highest BCUT2D eigenvalue weighted by Crippen LogP contribution is 2.31. The Bertz CT molecular complexity index is 861. The highest BCUT2D eigenvalue weighted by molar-refractivity contribution is 5.75. The third-order valence-corrected chi connectivity index (χ3v) is 5.27. The fourth-order valence-electron chi connectivity index (χ4n) is 3.45. The molecule has 0 aliphatic rings. The van der Waals surface area contributed by atoms with Gasteiger partial charge in [0.25, 0.3) is 0 Å². The molecule has 0 aliphatic heterocycles. The van der Waals surface area contributed by atoms with E-state index in [1.54, 1.807) is 25.1 Å². The summed E-state index contributed by atoms with van der Waals surface area (Å²) in [6.07, 6.45) is -2.36. The normalized spacial score (nSPS) is 15.6. The number of rotatable bonds is 9. The van der Waals surface area contributed by atoms with Crippen LogP contribution >= 0.6 is 0 Å². The maximum atomic E-state index is 13.3. The van der Waals surface area contributed by atoms with Crippen LogP contribution in [0.25, 0.3) is 0 Å². The van der Waals surface area contributed by atoms with Crippen LogP contribution in [0.3, 0.4) is 0 Å². The van der Waals surface area contributed by atoms with Crippen molar-refractivity contribution >= 4 is 5.97 Å². The standard InChI is InChI=1S/C24H27F4NO2/c1-4-19(13-17-5-9-20(10-6-17)24(26,27)28)22(16(3)31-23(30)15(2)29)14-18-7-11-21(25)12-8-18/h4-12,15-16,19,22H,1,13-14,29H2,2-3H3/t15-,16-,19+,22-/m0/s1. The first-order valence-electron chi connectivity index (χ1n) is 10.0. The van der Waals surface area contributed by atoms with E-state index in [1.807, 2.05) is 0 Å². The van der Waals surface area contributed by atoms with Gasteiger partial charge in [-0.1, -0.05) is 30.3 Å². The molecule has 0 bridgehead atoms. The summed E-state index contributed by atoms with van der Waals surface area (Å²) >= 11 is 0. The van der Waals surface area contributed by atoms with Gasteiger partial charge in [-0.15, -0.1) is 6.58 Å². The molecule has 0 aromatic heterocycles. The topological polar surface area (TPSA) is 52.3 Å². The monoisotopic (exact) mass is 437 g/mol. The molecule has 31 heavy (non-hydrogen) atoms. The van der Waals surface area contributed by atoms with Crippen molar-refractivity contribution in [1.29, 1.82) is 0 Å². The van der Waals surface area contributed by atoms with Crippen molar-refractivity contribution in [2.75, 3.05) is 0 Å². The summed E-state index contributed by atoms with van der Waals surface area (Å²) in [5.41, 5.74) is 6.44. The van der Waals surface area contributed by atoms with Gasteiger partial charge >= 0.3 is 12.1 Å². The molecule has 0 heterocycles. The fourth-order valence-corrected chi connectivity index (χ4v) is 3.45. The van der Waals surface area contributed by atoms with Gasteiger partial charge in [0.1, 0.15) is 18.0 Å². The van der Waals surface area contributed by atoms with E-state index in [9.17, 15) is 22.4 Å². The second-order valence-electron chi connectivity index (χ2n) is 7.72. The Morgan fingerprint density at radius 2 is 1.55 bits per heavy atom. The maximum absolute atomic E-state index is 13.3. The number of esters is 1. The van der Waals surface area contributed by atoms with E-state index >= 15 is 0 Å². The molecular weight excluding hydrogens is 410 g/mol. The first kappa shape index (κ1) is 24.6. The second-order valence-corrected chi connectivity index (χ2v) is 7.72. The Balaban J connectivity index is 2.26. The molecule has 7 heteroatoms. The molecule has 0 aliphatic carbocycles. The molecule has 3 nitrogen and oxygen atoms in total. The minimum atomic E-state index is -4.40. The SMILES string of the molecule is C=C[C@H](Cc1ccc(C(F)(F)F)cc1)[C@@H](Cc1ccc(F)cc1)[C@H](C)OC(=O)[C@H](C)N. The van der Waals surface area contributed by atoms with Crippen molar-refractivity contribution in [3.8, 4) is 0 Å². The van der Waals surface area contributed by atoms with Crippen LogP contribution in [0.5, 0.6) is 0 Å². The van der Waals surface area contributed by atoms with Gasteiger partial charge in [0.2, 0.25) is 0 Å². The van der Waals surface area contributed by atoms with Crippen molar-refractivity contribution in [2.24, 2.45) is 17.6 Å². The Morgan fingerprint density at radius 3 is 2.03 bits per heavy atom. The number of alkyl halides is 3. The largest absolute Gasteiger partial charge is 0.461 e. The molecule has 4 atom stereocenters. The Labute approximate surface area is 179 Å². The van der Waals surface area contributed by atoms with Crippen LogP contribution < -0.4 is 5.73 Å². The van der Waals surface area contributed by atoms with Gasteiger partial charge in [-0.05, 0) is 68.0 Å². The molecule has 2 aromatic rings. The maximum Gasteiger partial charge on any atom is 0.416 e. The van der Waals surface area contributed by atoms with Crippen molar-refractivity contribution in [1.82, 2.24) is 0 Å². The molecule has 0 unspecified atom stereocenters. The lowest BCUT2D eigenvalue weighted by molar-refractivity contribution is -0.152. The van der Waals surface area contributed by atoms with Crippen LogP contribution in [0, 0.1) is 17.7 Å². The third kappa shape index (κ3) is 7.21. The molecule has 168 valence electrons. The van der Waals surface area contributed by atoms with Crippen molar-refractivity contribution in [3.05, 3.63) is 83.7 Å². The molecular formula is C24H27F4NO2. The van der Waals surface area contributed by atoms with Crippen LogP contribution in [0.15, 0.2) is 61.2 Å². The highest BCUT2D eigenvalue weighted by Gasteiger charge is 2.31. The van der Waals surface area contributed by atoms with E-state index in [0.29, 0.717) is 18.4 Å². The molecule has 0 spiro atoms. The van der Waals surface area contributed by atoms with Crippen LogP contribution in [0.4, 0.5) is 17.6 Å². The van der Waals surface area contributed by atoms with Gasteiger partial charge < -0.3 is 10.5 Å². The first-order valence-corrected chi connectivity index (χ1v) is 10.0.